The molecule has 5 heterocycles. The monoisotopic (exact) mass is 576 g/mol. The number of fused-ring (bicyclic) bond motifs is 1. The smallest absolute Gasteiger partial charge is 0.274 e. The van der Waals surface area contributed by atoms with E-state index in [9.17, 15) is 28.2 Å². The van der Waals surface area contributed by atoms with Crippen molar-refractivity contribution in [2.45, 2.75) is 62.1 Å². The fourth-order valence-electron chi connectivity index (χ4n) is 5.85. The minimum atomic E-state index is -3.07. The molecule has 3 aliphatic rings. The van der Waals surface area contributed by atoms with Gasteiger partial charge in [0.25, 0.3) is 11.8 Å². The lowest BCUT2D eigenvalue weighted by molar-refractivity contribution is -0.0421. The number of rotatable bonds is 7. The van der Waals surface area contributed by atoms with Crippen LogP contribution in [0.3, 0.4) is 0 Å². The Labute approximate surface area is 233 Å². The van der Waals surface area contributed by atoms with Crippen molar-refractivity contribution >= 4 is 17.2 Å². The molecule has 0 radical (unpaired) electrons. The highest BCUT2D eigenvalue weighted by atomic mass is 19.3. The first kappa shape index (κ1) is 28.0. The number of imidazole rings is 1. The number of carbonyl (C=O) groups excluding carboxylic acids is 1. The Kier molecular flexibility index (Phi) is 6.64. The van der Waals surface area contributed by atoms with E-state index in [-0.39, 0.29) is 28.5 Å². The zero-order valence-corrected chi connectivity index (χ0v) is 22.7. The van der Waals surface area contributed by atoms with Gasteiger partial charge in [0.2, 0.25) is 0 Å². The Hall–Kier alpha value is -3.13. The topological polar surface area (TPSA) is 115 Å². The van der Waals surface area contributed by atoms with Gasteiger partial charge in [0.05, 0.1) is 28.6 Å². The van der Waals surface area contributed by atoms with Gasteiger partial charge in [-0.25, -0.2) is 27.5 Å². The average Bonchev–Trinajstić information content (AvgIpc) is 3.29. The molecular weight excluding hydrogens is 544 g/mol. The van der Waals surface area contributed by atoms with Gasteiger partial charge in [-0.05, 0) is 51.9 Å². The highest BCUT2D eigenvalue weighted by Crippen LogP contribution is 2.55. The number of nitrogens with one attached hydrogen (secondary N) is 2. The third-order valence-electron chi connectivity index (χ3n) is 8.26. The van der Waals surface area contributed by atoms with Crippen LogP contribution < -0.4 is 10.6 Å². The van der Waals surface area contributed by atoms with Crippen LogP contribution in [0, 0.1) is 11.6 Å². The predicted molar refractivity (Wildman–Crippen MR) is 141 cm³/mol. The number of aromatic nitrogens is 3. The van der Waals surface area contributed by atoms with Crippen molar-refractivity contribution in [2.75, 3.05) is 38.0 Å². The van der Waals surface area contributed by atoms with Crippen molar-refractivity contribution in [3.05, 3.63) is 58.8 Å². The summed E-state index contributed by atoms with van der Waals surface area (Å²) in [5.74, 6) is -7.02. The van der Waals surface area contributed by atoms with Gasteiger partial charge in [-0.1, -0.05) is 0 Å². The lowest BCUT2D eigenvalue weighted by Gasteiger charge is -2.43. The summed E-state index contributed by atoms with van der Waals surface area (Å²) < 4.78 is 58.6. The molecule has 13 heteroatoms. The quantitative estimate of drug-likeness (QED) is 0.320. The van der Waals surface area contributed by atoms with E-state index in [1.54, 1.807) is 6.20 Å². The third kappa shape index (κ3) is 5.31. The molecule has 0 aromatic carbocycles. The van der Waals surface area contributed by atoms with Crippen LogP contribution in [0.25, 0.3) is 5.65 Å². The first-order valence-corrected chi connectivity index (χ1v) is 13.7. The number of piperidine rings is 1. The molecule has 1 atom stereocenters. The van der Waals surface area contributed by atoms with Crippen LogP contribution in [0.2, 0.25) is 0 Å². The lowest BCUT2D eigenvalue weighted by Crippen LogP contribution is -2.65. The third-order valence-corrected chi connectivity index (χ3v) is 8.26. The number of anilines is 1. The van der Waals surface area contributed by atoms with Gasteiger partial charge in [0.15, 0.2) is 11.5 Å². The number of hydrogen-bond acceptors (Lipinski definition) is 7. The van der Waals surface area contributed by atoms with Gasteiger partial charge in [0.1, 0.15) is 17.1 Å². The maximum atomic E-state index is 15.9. The van der Waals surface area contributed by atoms with Gasteiger partial charge in [-0.3, -0.25) is 4.79 Å². The summed E-state index contributed by atoms with van der Waals surface area (Å²) in [7, 11) is 0. The van der Waals surface area contributed by atoms with Gasteiger partial charge >= 0.3 is 0 Å². The van der Waals surface area contributed by atoms with Crippen molar-refractivity contribution in [3.63, 3.8) is 0 Å². The van der Waals surface area contributed by atoms with E-state index in [4.69, 9.17) is 0 Å². The van der Waals surface area contributed by atoms with Crippen LogP contribution in [0.15, 0.2) is 24.5 Å². The van der Waals surface area contributed by atoms with Crippen LogP contribution in [-0.4, -0.2) is 79.6 Å². The molecule has 220 valence electrons. The van der Waals surface area contributed by atoms with Crippen LogP contribution in [0.4, 0.5) is 23.2 Å². The predicted octanol–water partition coefficient (Wildman–Crippen LogP) is 3.12. The Bertz CT molecular complexity index is 1510. The maximum absolute atomic E-state index is 15.9. The van der Waals surface area contributed by atoms with Gasteiger partial charge in [0, 0.05) is 49.9 Å². The van der Waals surface area contributed by atoms with Gasteiger partial charge in [-0.15, -0.1) is 0 Å². The summed E-state index contributed by atoms with van der Waals surface area (Å²) in [6.45, 7) is 6.01. The van der Waals surface area contributed by atoms with E-state index in [1.165, 1.54) is 24.4 Å². The SMILES string of the molecule is CC(C)(O)c1c(NC(=O)c2ccc(F)c(C3CC3(F)F)n2)cn2cc(C3CCN(CC4(O)CNC4)CC3)nc2c1F. The van der Waals surface area contributed by atoms with E-state index < -0.39 is 52.7 Å². The first-order valence-electron chi connectivity index (χ1n) is 13.7. The highest BCUT2D eigenvalue weighted by molar-refractivity contribution is 6.03. The molecule has 3 fully saturated rings. The number of β-amino-alcohol motifs (C(OH)–C–C–N with tert-alkyl or cyclic N) is 1. The molecule has 2 aliphatic heterocycles. The van der Waals surface area contributed by atoms with E-state index in [1.807, 2.05) is 0 Å². The van der Waals surface area contributed by atoms with E-state index in [0.29, 0.717) is 25.3 Å². The van der Waals surface area contributed by atoms with Crippen molar-refractivity contribution < 1.29 is 32.6 Å². The van der Waals surface area contributed by atoms with Crippen LogP contribution in [0.5, 0.6) is 0 Å². The fraction of sp³-hybridized carbons (Fsp3) is 0.536. The van der Waals surface area contributed by atoms with Crippen molar-refractivity contribution in [2.24, 2.45) is 0 Å². The van der Waals surface area contributed by atoms with Crippen molar-refractivity contribution in [1.82, 2.24) is 24.6 Å². The molecule has 6 rings (SSSR count). The Balaban J connectivity index is 1.25. The molecule has 4 N–H and O–H groups in total. The zero-order valence-electron chi connectivity index (χ0n) is 22.7. The number of nitrogens with zero attached hydrogens (tertiary/aromatic N) is 4. The number of carbonyl (C=O) groups is 1. The molecule has 41 heavy (non-hydrogen) atoms. The second kappa shape index (κ2) is 9.72. The molecule has 0 spiro atoms. The van der Waals surface area contributed by atoms with Crippen LogP contribution in [0.1, 0.15) is 72.4 Å². The van der Waals surface area contributed by atoms with E-state index in [2.05, 4.69) is 25.5 Å². The van der Waals surface area contributed by atoms with E-state index >= 15 is 4.39 Å². The Morgan fingerprint density at radius 1 is 1.17 bits per heavy atom. The number of hydrogen-bond donors (Lipinski definition) is 4. The number of amides is 1. The second-order valence-corrected chi connectivity index (χ2v) is 12.1. The Morgan fingerprint density at radius 3 is 2.44 bits per heavy atom. The minimum absolute atomic E-state index is 0.00874. The molecule has 1 saturated carbocycles. The minimum Gasteiger partial charge on any atom is -0.386 e. The highest BCUT2D eigenvalue weighted by Gasteiger charge is 2.59. The molecular formula is C28H32F4N6O3. The van der Waals surface area contributed by atoms with Gasteiger partial charge in [-0.2, -0.15) is 0 Å². The van der Waals surface area contributed by atoms with E-state index in [0.717, 1.165) is 38.1 Å². The summed E-state index contributed by atoms with van der Waals surface area (Å²) in [6, 6.07) is 1.97. The lowest BCUT2D eigenvalue weighted by atomic mass is 9.91. The standard InChI is InChI=1S/C28H32F4N6O3/c1-26(2,40)21-20(36-25(39)18-4-3-17(29)23(34-18)16-9-28(16,31)32)11-38-10-19(35-24(38)22(21)30)15-5-7-37(8-6-15)14-27(41)12-33-13-27/h3-4,10-11,15-16,33,40-41H,5-9,12-14H2,1-2H3,(H,36,39). The van der Waals surface area contributed by atoms with Crippen LogP contribution in [-0.2, 0) is 5.60 Å². The normalized spacial score (nSPS) is 22.5. The molecule has 1 amide bonds. The van der Waals surface area contributed by atoms with Gasteiger partial charge < -0.3 is 30.1 Å². The number of alkyl halides is 2. The number of likely N-dealkylation sites (tertiary alicyclic amines) is 1. The first-order chi connectivity index (χ1) is 19.2. The van der Waals surface area contributed by atoms with Crippen LogP contribution >= 0.6 is 0 Å². The molecule has 3 aromatic rings. The fourth-order valence-corrected chi connectivity index (χ4v) is 5.85. The molecule has 2 saturated heterocycles. The Morgan fingerprint density at radius 2 is 1.85 bits per heavy atom. The second-order valence-electron chi connectivity index (χ2n) is 12.1. The van der Waals surface area contributed by atoms with Crippen molar-refractivity contribution in [1.29, 1.82) is 0 Å². The zero-order chi connectivity index (χ0) is 29.3. The summed E-state index contributed by atoms with van der Waals surface area (Å²) in [6.07, 6.45) is 4.13. The summed E-state index contributed by atoms with van der Waals surface area (Å²) in [5, 5.41) is 26.9. The summed E-state index contributed by atoms with van der Waals surface area (Å²) >= 11 is 0. The summed E-state index contributed by atoms with van der Waals surface area (Å²) in [4.78, 5) is 23.7. The average molecular weight is 577 g/mol. The molecule has 0 bridgehead atoms. The maximum Gasteiger partial charge on any atom is 0.274 e. The molecule has 3 aromatic heterocycles. The van der Waals surface area contributed by atoms with Crippen molar-refractivity contribution in [3.8, 4) is 0 Å². The molecule has 1 aliphatic carbocycles. The number of pyridine rings is 2. The summed E-state index contributed by atoms with van der Waals surface area (Å²) in [5.41, 5.74) is -2.82. The largest absolute Gasteiger partial charge is 0.386 e. The number of halogens is 4. The molecule has 9 nitrogen and oxygen atoms in total. The molecule has 1 unspecified atom stereocenters. The number of aliphatic hydroxyl groups is 2.